The number of ether oxygens (including phenoxy) is 4. The van der Waals surface area contributed by atoms with Gasteiger partial charge in [-0.25, -0.2) is 0 Å². The first-order valence-electron chi connectivity index (χ1n) is 9.86. The van der Waals surface area contributed by atoms with E-state index in [1.54, 1.807) is 19.1 Å². The summed E-state index contributed by atoms with van der Waals surface area (Å²) in [5.41, 5.74) is 0.943. The van der Waals surface area contributed by atoms with Crippen LogP contribution in [-0.4, -0.2) is 105 Å². The van der Waals surface area contributed by atoms with Gasteiger partial charge in [0, 0.05) is 0 Å². The van der Waals surface area contributed by atoms with Crippen molar-refractivity contribution in [1.29, 1.82) is 0 Å². The third-order valence-corrected chi connectivity index (χ3v) is 5.38. The number of Topliss-reactive ketones (excluding diaryl/α,β-unsaturated/α-hetero) is 1. The highest BCUT2D eigenvalue weighted by molar-refractivity contribution is 5.98. The van der Waals surface area contributed by atoms with Crippen LogP contribution >= 0.6 is 0 Å². The molecule has 0 radical (unpaired) electrons. The number of aliphatic hydroxyl groups excluding tert-OH is 6. The molecule has 1 aromatic carbocycles. The van der Waals surface area contributed by atoms with E-state index in [1.807, 2.05) is 0 Å². The normalized spacial score (nSPS) is 38.6. The van der Waals surface area contributed by atoms with Gasteiger partial charge in [-0.1, -0.05) is 12.1 Å². The molecule has 0 spiro atoms. The molecular weight excluding hydrogens is 416 g/mol. The summed E-state index contributed by atoms with van der Waals surface area (Å²) in [5, 5.41) is 59.9. The minimum Gasteiger partial charge on any atom is -0.461 e. The van der Waals surface area contributed by atoms with Crippen LogP contribution in [0.5, 0.6) is 5.75 Å². The van der Waals surface area contributed by atoms with Crippen molar-refractivity contribution in [1.82, 2.24) is 0 Å². The van der Waals surface area contributed by atoms with Gasteiger partial charge in [-0.15, -0.1) is 0 Å². The number of ketones is 1. The summed E-state index contributed by atoms with van der Waals surface area (Å²) in [6, 6.07) is 4.89. The Labute approximate surface area is 178 Å². The van der Waals surface area contributed by atoms with E-state index in [2.05, 4.69) is 0 Å². The van der Waals surface area contributed by atoms with E-state index in [0.717, 1.165) is 0 Å². The number of rotatable bonds is 6. The second-order valence-electron chi connectivity index (χ2n) is 7.72. The molecule has 3 rings (SSSR count). The first-order chi connectivity index (χ1) is 14.6. The van der Waals surface area contributed by atoms with Crippen molar-refractivity contribution < 1.29 is 54.4 Å². The lowest BCUT2D eigenvalue weighted by atomic mass is 9.99. The van der Waals surface area contributed by atoms with Gasteiger partial charge >= 0.3 is 0 Å². The largest absolute Gasteiger partial charge is 0.461 e. The molecule has 0 amide bonds. The molecule has 1 aromatic rings. The topological polar surface area (TPSA) is 175 Å². The highest BCUT2D eigenvalue weighted by Crippen LogP contribution is 2.29. The zero-order chi connectivity index (χ0) is 22.9. The Bertz CT molecular complexity index is 771. The van der Waals surface area contributed by atoms with Crippen LogP contribution in [0.3, 0.4) is 0 Å². The van der Waals surface area contributed by atoms with Crippen LogP contribution in [0, 0.1) is 6.92 Å². The van der Waals surface area contributed by atoms with Crippen LogP contribution in [0.4, 0.5) is 0 Å². The monoisotopic (exact) mass is 444 g/mol. The van der Waals surface area contributed by atoms with Gasteiger partial charge in [-0.3, -0.25) is 4.79 Å². The first-order valence-corrected chi connectivity index (χ1v) is 9.86. The van der Waals surface area contributed by atoms with Crippen LogP contribution in [0.2, 0.25) is 0 Å². The molecule has 2 heterocycles. The summed E-state index contributed by atoms with van der Waals surface area (Å²) < 4.78 is 21.7. The predicted octanol–water partition coefficient (Wildman–Crippen LogP) is -2.16. The Balaban J connectivity index is 1.70. The molecule has 31 heavy (non-hydrogen) atoms. The van der Waals surface area contributed by atoms with Gasteiger partial charge in [0.15, 0.2) is 12.1 Å². The van der Waals surface area contributed by atoms with Crippen molar-refractivity contribution in [3.63, 3.8) is 0 Å². The molecule has 174 valence electrons. The van der Waals surface area contributed by atoms with E-state index in [4.69, 9.17) is 18.9 Å². The maximum Gasteiger partial charge on any atom is 0.229 e. The molecule has 0 aliphatic carbocycles. The van der Waals surface area contributed by atoms with Crippen LogP contribution in [0.1, 0.15) is 22.8 Å². The zero-order valence-electron chi connectivity index (χ0n) is 17.1. The van der Waals surface area contributed by atoms with E-state index in [1.165, 1.54) is 13.0 Å². The second-order valence-corrected chi connectivity index (χ2v) is 7.72. The van der Waals surface area contributed by atoms with Crippen molar-refractivity contribution in [2.24, 2.45) is 0 Å². The Kier molecular flexibility index (Phi) is 7.63. The number of aryl methyl sites for hydroxylation is 1. The Morgan fingerprint density at radius 2 is 1.68 bits per heavy atom. The van der Waals surface area contributed by atoms with Crippen LogP contribution < -0.4 is 4.74 Å². The number of hydrogen-bond acceptors (Lipinski definition) is 11. The third-order valence-electron chi connectivity index (χ3n) is 5.38. The first kappa shape index (κ1) is 24.0. The molecular formula is C20H28O11. The molecule has 0 bridgehead atoms. The smallest absolute Gasteiger partial charge is 0.229 e. The Morgan fingerprint density at radius 1 is 1.00 bits per heavy atom. The molecule has 0 saturated carbocycles. The minimum absolute atomic E-state index is 0.142. The number of aliphatic hydroxyl groups is 6. The number of hydrogen-bond donors (Lipinski definition) is 6. The molecule has 2 aliphatic heterocycles. The fourth-order valence-electron chi connectivity index (χ4n) is 3.58. The van der Waals surface area contributed by atoms with Crippen molar-refractivity contribution in [3.05, 3.63) is 29.3 Å². The molecule has 11 nitrogen and oxygen atoms in total. The molecule has 6 N–H and O–H groups in total. The van der Waals surface area contributed by atoms with Crippen molar-refractivity contribution in [2.45, 2.75) is 69.2 Å². The predicted molar refractivity (Wildman–Crippen MR) is 102 cm³/mol. The summed E-state index contributed by atoms with van der Waals surface area (Å²) in [6.07, 6.45) is -13.1. The van der Waals surface area contributed by atoms with Gasteiger partial charge in [0.05, 0.1) is 18.8 Å². The molecule has 0 aromatic heterocycles. The second kappa shape index (κ2) is 9.86. The summed E-state index contributed by atoms with van der Waals surface area (Å²) >= 11 is 0. The average Bonchev–Trinajstić information content (AvgIpc) is 2.72. The van der Waals surface area contributed by atoms with Crippen molar-refractivity contribution in [3.8, 4) is 5.75 Å². The molecule has 9 atom stereocenters. The fourth-order valence-corrected chi connectivity index (χ4v) is 3.58. The zero-order valence-corrected chi connectivity index (χ0v) is 17.1. The molecule has 2 aliphatic rings. The van der Waals surface area contributed by atoms with Gasteiger partial charge in [-0.05, 0) is 25.5 Å². The highest BCUT2D eigenvalue weighted by Gasteiger charge is 2.46. The quantitative estimate of drug-likeness (QED) is 0.264. The van der Waals surface area contributed by atoms with E-state index < -0.39 is 61.9 Å². The van der Waals surface area contributed by atoms with Crippen LogP contribution in [0.25, 0.3) is 0 Å². The fraction of sp³-hybridized carbons (Fsp3) is 0.650. The van der Waals surface area contributed by atoms with Crippen LogP contribution in [-0.2, 0) is 14.2 Å². The number of carbonyl (C=O) groups is 1. The lowest BCUT2D eigenvalue weighted by molar-refractivity contribution is -0.307. The van der Waals surface area contributed by atoms with Crippen molar-refractivity contribution >= 4 is 5.78 Å². The highest BCUT2D eigenvalue weighted by atomic mass is 16.7. The molecule has 0 unspecified atom stereocenters. The summed E-state index contributed by atoms with van der Waals surface area (Å²) in [7, 11) is 0. The molecule has 2 saturated heterocycles. The minimum atomic E-state index is -1.65. The Hall–Kier alpha value is -1.67. The van der Waals surface area contributed by atoms with E-state index >= 15 is 0 Å². The molecule has 2 fully saturated rings. The number of carbonyl (C=O) groups excluding carboxylic acids is 1. The molecule has 11 heteroatoms. The lowest BCUT2D eigenvalue weighted by Gasteiger charge is -2.41. The van der Waals surface area contributed by atoms with Crippen LogP contribution in [0.15, 0.2) is 18.2 Å². The maximum atomic E-state index is 12.0. The van der Waals surface area contributed by atoms with E-state index in [9.17, 15) is 35.4 Å². The van der Waals surface area contributed by atoms with Gasteiger partial charge < -0.3 is 49.6 Å². The summed E-state index contributed by atoms with van der Waals surface area (Å²) in [4.78, 5) is 12.0. The summed E-state index contributed by atoms with van der Waals surface area (Å²) in [5.74, 6) is -0.119. The van der Waals surface area contributed by atoms with Crippen molar-refractivity contribution in [2.75, 3.05) is 13.2 Å². The van der Waals surface area contributed by atoms with Gasteiger partial charge in [0.1, 0.15) is 48.5 Å². The standard InChI is InChI=1S/C20H28O11/c1-8-4-3-5-11(13(8)9(2)21)30-20-18(27)16(25)15(24)12(31-20)7-29-19-17(26)14(23)10(22)6-28-19/h3-5,10,12,14-20,22-27H,6-7H2,1-2H3/t10-,12-,14+,15-,16+,17-,18-,19+,20-/m1/s1. The average molecular weight is 444 g/mol. The van der Waals surface area contributed by atoms with E-state index in [-0.39, 0.29) is 23.7 Å². The lowest BCUT2D eigenvalue weighted by Crippen LogP contribution is -2.61. The SMILES string of the molecule is CC(=O)c1c(C)cccc1O[C@@H]1O[C@H](CO[C@@H]2OC[C@@H](O)[C@H](O)[C@H]2O)[C@@H](O)[C@H](O)[C@H]1O. The summed E-state index contributed by atoms with van der Waals surface area (Å²) in [6.45, 7) is 2.41. The Morgan fingerprint density at radius 3 is 2.35 bits per heavy atom. The maximum absolute atomic E-state index is 12.0. The van der Waals surface area contributed by atoms with E-state index in [0.29, 0.717) is 5.56 Å². The number of benzene rings is 1. The van der Waals surface area contributed by atoms with Gasteiger partial charge in [-0.2, -0.15) is 0 Å². The van der Waals surface area contributed by atoms with Gasteiger partial charge in [0.2, 0.25) is 6.29 Å². The van der Waals surface area contributed by atoms with Gasteiger partial charge in [0.25, 0.3) is 0 Å². The third kappa shape index (κ3) is 5.06.